The van der Waals surface area contributed by atoms with Gasteiger partial charge in [0.05, 0.1) is 56.6 Å². The highest BCUT2D eigenvalue weighted by Crippen LogP contribution is 2.30. The van der Waals surface area contributed by atoms with Crippen molar-refractivity contribution in [1.29, 1.82) is 0 Å². The second kappa shape index (κ2) is 8.16. The average molecular weight is 395 g/mol. The van der Waals surface area contributed by atoms with Crippen LogP contribution in [0.3, 0.4) is 0 Å². The van der Waals surface area contributed by atoms with Gasteiger partial charge >= 0.3 is 0 Å². The van der Waals surface area contributed by atoms with Crippen LogP contribution in [0.5, 0.6) is 5.75 Å². The first-order chi connectivity index (χ1) is 12.5. The van der Waals surface area contributed by atoms with E-state index in [0.29, 0.717) is 27.0 Å². The minimum Gasteiger partial charge on any atom is -0.496 e. The van der Waals surface area contributed by atoms with Crippen molar-refractivity contribution in [3.63, 3.8) is 0 Å². The number of anilines is 2. The lowest BCUT2D eigenvalue weighted by Gasteiger charge is -2.32. The van der Waals surface area contributed by atoms with Gasteiger partial charge < -0.3 is 19.9 Å². The fourth-order valence-electron chi connectivity index (χ4n) is 3.03. The number of hydrogen-bond acceptors (Lipinski definition) is 3. The fraction of sp³-hybridized carbons (Fsp3) is 0.316. The van der Waals surface area contributed by atoms with E-state index in [1.165, 1.54) is 12.0 Å². The summed E-state index contributed by atoms with van der Waals surface area (Å²) in [5, 5.41) is 3.95. The van der Waals surface area contributed by atoms with Crippen molar-refractivity contribution in [2.45, 2.75) is 0 Å². The van der Waals surface area contributed by atoms with Crippen LogP contribution in [0.15, 0.2) is 36.4 Å². The molecule has 1 fully saturated rings. The molecule has 138 valence electrons. The summed E-state index contributed by atoms with van der Waals surface area (Å²) in [4.78, 5) is 16.4. The Morgan fingerprint density at radius 3 is 2.54 bits per heavy atom. The number of hydrogen-bond donors (Lipinski definition) is 2. The molecule has 1 aliphatic heterocycles. The van der Waals surface area contributed by atoms with Gasteiger partial charge in [-0.1, -0.05) is 23.2 Å². The van der Waals surface area contributed by atoms with E-state index in [2.05, 4.69) is 17.3 Å². The van der Waals surface area contributed by atoms with Crippen molar-refractivity contribution in [2.75, 3.05) is 50.6 Å². The largest absolute Gasteiger partial charge is 0.496 e. The highest BCUT2D eigenvalue weighted by Gasteiger charge is 2.19. The summed E-state index contributed by atoms with van der Waals surface area (Å²) in [6.07, 6.45) is 0. The van der Waals surface area contributed by atoms with E-state index in [4.69, 9.17) is 27.9 Å². The number of rotatable bonds is 4. The normalized spacial score (nSPS) is 15.0. The molecule has 0 aromatic heterocycles. The number of quaternary nitrogens is 1. The Kier molecular flexibility index (Phi) is 5.91. The first-order valence-electron chi connectivity index (χ1n) is 8.48. The molecule has 2 aromatic carbocycles. The number of halogens is 2. The summed E-state index contributed by atoms with van der Waals surface area (Å²) in [5.74, 6) is 0.172. The number of nitrogens with one attached hydrogen (secondary N) is 2. The molecule has 0 aliphatic carbocycles. The molecule has 0 bridgehead atoms. The number of benzene rings is 2. The Hall–Kier alpha value is -1.95. The summed E-state index contributed by atoms with van der Waals surface area (Å²) in [6.45, 7) is 4.11. The molecule has 26 heavy (non-hydrogen) atoms. The number of ether oxygens (including phenoxy) is 1. The van der Waals surface area contributed by atoms with Crippen molar-refractivity contribution < 1.29 is 14.4 Å². The molecule has 0 unspecified atom stereocenters. The van der Waals surface area contributed by atoms with E-state index in [1.807, 2.05) is 12.1 Å². The molecule has 0 radical (unpaired) electrons. The average Bonchev–Trinajstić information content (AvgIpc) is 2.63. The van der Waals surface area contributed by atoms with Crippen LogP contribution >= 0.6 is 23.2 Å². The third-order valence-corrected chi connectivity index (χ3v) is 5.11. The van der Waals surface area contributed by atoms with E-state index in [1.54, 1.807) is 24.3 Å². The smallest absolute Gasteiger partial charge is 0.259 e. The maximum Gasteiger partial charge on any atom is 0.259 e. The standard InChI is InChI=1S/C19H21Cl2N3O2/c1-23-7-9-24(10-8-23)17-5-4-14(12-16(17)21)22-19(25)15-11-13(20)3-6-18(15)26-2/h3-6,11-12H,7-10H2,1-2H3,(H,22,25)/p+1. The van der Waals surface area contributed by atoms with Crippen LogP contribution < -0.4 is 19.9 Å². The van der Waals surface area contributed by atoms with Crippen LogP contribution in [-0.2, 0) is 0 Å². The van der Waals surface area contributed by atoms with Gasteiger partial charge in [-0.3, -0.25) is 4.79 Å². The summed E-state index contributed by atoms with van der Waals surface area (Å²) < 4.78 is 5.24. The Bertz CT molecular complexity index is 805. The highest BCUT2D eigenvalue weighted by atomic mass is 35.5. The van der Waals surface area contributed by atoms with Gasteiger partial charge in [0, 0.05) is 10.7 Å². The zero-order chi connectivity index (χ0) is 18.7. The number of carbonyl (C=O) groups is 1. The summed E-state index contributed by atoms with van der Waals surface area (Å²) >= 11 is 12.5. The topological polar surface area (TPSA) is 46.0 Å². The Morgan fingerprint density at radius 1 is 1.15 bits per heavy atom. The number of nitrogens with zero attached hydrogens (tertiary/aromatic N) is 1. The lowest BCUT2D eigenvalue weighted by atomic mass is 10.1. The molecule has 1 saturated heterocycles. The molecular formula is C19H22Cl2N3O2+. The zero-order valence-electron chi connectivity index (χ0n) is 14.8. The minimum absolute atomic E-state index is 0.295. The Balaban J connectivity index is 1.76. The third-order valence-electron chi connectivity index (χ3n) is 4.57. The summed E-state index contributed by atoms with van der Waals surface area (Å²) in [5.41, 5.74) is 2.00. The lowest BCUT2D eigenvalue weighted by Crippen LogP contribution is -3.12. The van der Waals surface area contributed by atoms with Gasteiger partial charge in [0.1, 0.15) is 5.75 Å². The first-order valence-corrected chi connectivity index (χ1v) is 9.24. The van der Waals surface area contributed by atoms with Gasteiger partial charge in [-0.2, -0.15) is 0 Å². The zero-order valence-corrected chi connectivity index (χ0v) is 16.3. The van der Waals surface area contributed by atoms with Gasteiger partial charge in [-0.25, -0.2) is 0 Å². The molecule has 0 spiro atoms. The predicted molar refractivity (Wildman–Crippen MR) is 106 cm³/mol. The van der Waals surface area contributed by atoms with E-state index in [9.17, 15) is 4.79 Å². The fourth-order valence-corrected chi connectivity index (χ4v) is 3.50. The SMILES string of the molecule is COc1ccc(Cl)cc1C(=O)Nc1ccc(N2CC[NH+](C)CC2)c(Cl)c1. The number of methoxy groups -OCH3 is 1. The van der Waals surface area contributed by atoms with E-state index in [0.717, 1.165) is 31.9 Å². The van der Waals surface area contributed by atoms with Crippen LogP contribution in [0.1, 0.15) is 10.4 Å². The summed E-state index contributed by atoms with van der Waals surface area (Å²) in [7, 11) is 3.71. The second-order valence-corrected chi connectivity index (χ2v) is 7.25. The van der Waals surface area contributed by atoms with Crippen molar-refractivity contribution >= 4 is 40.5 Å². The predicted octanol–water partition coefficient (Wildman–Crippen LogP) is 2.59. The monoisotopic (exact) mass is 394 g/mol. The lowest BCUT2D eigenvalue weighted by molar-refractivity contribution is -0.880. The number of amides is 1. The van der Waals surface area contributed by atoms with E-state index >= 15 is 0 Å². The number of likely N-dealkylation sites (N-methyl/N-ethyl adjacent to an activating group) is 1. The van der Waals surface area contributed by atoms with Crippen LogP contribution in [0.2, 0.25) is 10.0 Å². The van der Waals surface area contributed by atoms with Crippen molar-refractivity contribution in [1.82, 2.24) is 0 Å². The molecule has 7 heteroatoms. The van der Waals surface area contributed by atoms with Crippen molar-refractivity contribution in [3.8, 4) is 5.75 Å². The summed E-state index contributed by atoms with van der Waals surface area (Å²) in [6, 6.07) is 10.5. The van der Waals surface area contributed by atoms with Gasteiger partial charge in [0.15, 0.2) is 0 Å². The maximum absolute atomic E-state index is 12.6. The van der Waals surface area contributed by atoms with Crippen LogP contribution in [-0.4, -0.2) is 46.2 Å². The van der Waals surface area contributed by atoms with Gasteiger partial charge in [-0.05, 0) is 36.4 Å². The molecule has 1 heterocycles. The molecule has 0 saturated carbocycles. The van der Waals surface area contributed by atoms with E-state index in [-0.39, 0.29) is 5.91 Å². The first kappa shape index (κ1) is 18.8. The highest BCUT2D eigenvalue weighted by molar-refractivity contribution is 6.33. The maximum atomic E-state index is 12.6. The van der Waals surface area contributed by atoms with Gasteiger partial charge in [-0.15, -0.1) is 0 Å². The minimum atomic E-state index is -0.295. The molecule has 0 atom stereocenters. The molecule has 2 N–H and O–H groups in total. The Morgan fingerprint density at radius 2 is 1.88 bits per heavy atom. The molecular weight excluding hydrogens is 373 g/mol. The molecule has 3 rings (SSSR count). The quantitative estimate of drug-likeness (QED) is 0.837. The van der Waals surface area contributed by atoms with Gasteiger partial charge in [0.2, 0.25) is 0 Å². The van der Waals surface area contributed by atoms with Crippen molar-refractivity contribution in [2.24, 2.45) is 0 Å². The van der Waals surface area contributed by atoms with Crippen LogP contribution in [0, 0.1) is 0 Å². The van der Waals surface area contributed by atoms with Crippen molar-refractivity contribution in [3.05, 3.63) is 52.0 Å². The Labute approximate surface area is 163 Å². The van der Waals surface area contributed by atoms with Gasteiger partial charge in [0.25, 0.3) is 5.91 Å². The number of piperazine rings is 1. The molecule has 1 aliphatic rings. The molecule has 2 aromatic rings. The van der Waals surface area contributed by atoms with Crippen LogP contribution in [0.25, 0.3) is 0 Å². The second-order valence-electron chi connectivity index (χ2n) is 6.41. The van der Waals surface area contributed by atoms with E-state index < -0.39 is 0 Å². The third kappa shape index (κ3) is 4.23. The molecule has 5 nitrogen and oxygen atoms in total. The molecule has 1 amide bonds. The number of carbonyl (C=O) groups excluding carboxylic acids is 1. The van der Waals surface area contributed by atoms with Crippen LogP contribution in [0.4, 0.5) is 11.4 Å².